The van der Waals surface area contributed by atoms with Gasteiger partial charge in [0.15, 0.2) is 0 Å². The maximum Gasteiger partial charge on any atom is 0.269 e. The molecule has 0 spiro atoms. The van der Waals surface area contributed by atoms with E-state index in [4.69, 9.17) is 0 Å². The van der Waals surface area contributed by atoms with Crippen molar-refractivity contribution in [1.29, 1.82) is 0 Å². The third kappa shape index (κ3) is 4.44. The summed E-state index contributed by atoms with van der Waals surface area (Å²) in [5.74, 6) is -0.109. The van der Waals surface area contributed by atoms with Gasteiger partial charge in [0.05, 0.1) is 0 Å². The van der Waals surface area contributed by atoms with Crippen molar-refractivity contribution in [3.8, 4) is 0 Å². The molecule has 88 valence electrons. The zero-order valence-electron chi connectivity index (χ0n) is 9.53. The lowest BCUT2D eigenvalue weighted by atomic mass is 10.2. The van der Waals surface area contributed by atoms with Gasteiger partial charge < -0.3 is 10.2 Å². The van der Waals surface area contributed by atoms with E-state index in [0.717, 1.165) is 16.5 Å². The second-order valence-electron chi connectivity index (χ2n) is 3.74. The van der Waals surface area contributed by atoms with E-state index in [-0.39, 0.29) is 5.91 Å². The fourth-order valence-corrected chi connectivity index (χ4v) is 1.57. The van der Waals surface area contributed by atoms with Crippen LogP contribution in [0.15, 0.2) is 18.3 Å². The summed E-state index contributed by atoms with van der Waals surface area (Å²) in [6.45, 7) is 1.47. The SMILES string of the molecule is CN(C)CCNC(=O)c1ccc(C[125I])cn1. The van der Waals surface area contributed by atoms with E-state index in [9.17, 15) is 4.79 Å². The lowest BCUT2D eigenvalue weighted by molar-refractivity contribution is 0.0946. The fourth-order valence-electron chi connectivity index (χ4n) is 1.12. The first-order valence-electron chi connectivity index (χ1n) is 5.07. The predicted octanol–water partition coefficient (Wildman–Crippen LogP) is 1.31. The van der Waals surface area contributed by atoms with Crippen molar-refractivity contribution in [3.63, 3.8) is 0 Å². The summed E-state index contributed by atoms with van der Waals surface area (Å²) in [5.41, 5.74) is 1.61. The molecule has 0 bridgehead atoms. The van der Waals surface area contributed by atoms with Gasteiger partial charge in [0.1, 0.15) is 5.69 Å². The second kappa shape index (κ2) is 6.80. The third-order valence-corrected chi connectivity index (χ3v) is 2.94. The number of hydrogen-bond donors (Lipinski definition) is 1. The van der Waals surface area contributed by atoms with Crippen molar-refractivity contribution in [2.75, 3.05) is 27.2 Å². The van der Waals surface area contributed by atoms with Gasteiger partial charge in [0, 0.05) is 23.7 Å². The molecular weight excluding hydrogens is 315 g/mol. The number of hydrogen-bond acceptors (Lipinski definition) is 3. The van der Waals surface area contributed by atoms with Crippen molar-refractivity contribution in [1.82, 2.24) is 15.2 Å². The smallest absolute Gasteiger partial charge is 0.269 e. The minimum Gasteiger partial charge on any atom is -0.349 e. The molecule has 0 saturated carbocycles. The third-order valence-electron chi connectivity index (χ3n) is 2.06. The predicted molar refractivity (Wildman–Crippen MR) is 72.8 cm³/mol. The number of rotatable bonds is 5. The number of nitrogens with zero attached hydrogens (tertiary/aromatic N) is 2. The first-order valence-corrected chi connectivity index (χ1v) is 6.60. The Balaban J connectivity index is 2.46. The number of alkyl halides is 1. The number of carbonyl (C=O) groups excluding carboxylic acids is 1. The van der Waals surface area contributed by atoms with Crippen molar-refractivity contribution in [2.45, 2.75) is 4.43 Å². The highest BCUT2D eigenvalue weighted by atomic mass is 125. The Bertz CT molecular complexity index is 338. The molecule has 1 amide bonds. The number of halogens is 1. The summed E-state index contributed by atoms with van der Waals surface area (Å²) >= 11 is 2.27. The lowest BCUT2D eigenvalue weighted by Crippen LogP contribution is -2.31. The van der Waals surface area contributed by atoms with Gasteiger partial charge in [-0.25, -0.2) is 0 Å². The molecule has 1 rings (SSSR count). The molecular formula is C11H16IN3O. The molecule has 4 nitrogen and oxygen atoms in total. The molecule has 5 heteroatoms. The van der Waals surface area contributed by atoms with Crippen LogP contribution in [0.5, 0.6) is 0 Å². The second-order valence-corrected chi connectivity index (χ2v) is 4.51. The number of aromatic nitrogens is 1. The minimum absolute atomic E-state index is 0.109. The van der Waals surface area contributed by atoms with Crippen LogP contribution in [0.1, 0.15) is 16.1 Å². The Morgan fingerprint density at radius 2 is 2.25 bits per heavy atom. The summed E-state index contributed by atoms with van der Waals surface area (Å²) in [6.07, 6.45) is 1.74. The Labute approximate surface area is 110 Å². The van der Waals surface area contributed by atoms with E-state index in [1.165, 1.54) is 0 Å². The van der Waals surface area contributed by atoms with Crippen LogP contribution in [0.25, 0.3) is 0 Å². The number of carbonyl (C=O) groups is 1. The van der Waals surface area contributed by atoms with E-state index < -0.39 is 0 Å². The summed E-state index contributed by atoms with van der Waals surface area (Å²) in [4.78, 5) is 17.8. The molecule has 1 aromatic heterocycles. The average Bonchev–Trinajstić information content (AvgIpc) is 2.28. The molecule has 0 radical (unpaired) electrons. The zero-order valence-corrected chi connectivity index (χ0v) is 11.7. The van der Waals surface area contributed by atoms with Gasteiger partial charge in [-0.2, -0.15) is 0 Å². The van der Waals surface area contributed by atoms with Gasteiger partial charge >= 0.3 is 0 Å². The molecule has 0 fully saturated rings. The highest BCUT2D eigenvalue weighted by molar-refractivity contribution is 14.1. The maximum atomic E-state index is 11.6. The van der Waals surface area contributed by atoms with E-state index in [0.29, 0.717) is 12.2 Å². The van der Waals surface area contributed by atoms with Crippen LogP contribution in [-0.4, -0.2) is 43.0 Å². The summed E-state index contributed by atoms with van der Waals surface area (Å²) in [6, 6.07) is 3.69. The quantitative estimate of drug-likeness (QED) is 0.654. The number of likely N-dealkylation sites (N-methyl/N-ethyl adjacent to an activating group) is 1. The van der Waals surface area contributed by atoms with Crippen LogP contribution in [-0.2, 0) is 4.43 Å². The van der Waals surface area contributed by atoms with Gasteiger partial charge in [-0.1, -0.05) is 28.7 Å². The summed E-state index contributed by atoms with van der Waals surface area (Å²) in [5, 5.41) is 2.82. The van der Waals surface area contributed by atoms with Gasteiger partial charge in [-0.3, -0.25) is 9.78 Å². The maximum absolute atomic E-state index is 11.6. The standard InChI is InChI=1S/C11H16IN3O/c1-15(2)6-5-13-11(16)10-4-3-9(7-12)8-14-10/h3-4,8H,5-7H2,1-2H3,(H,13,16)/i12-2. The molecule has 16 heavy (non-hydrogen) atoms. The largest absolute Gasteiger partial charge is 0.349 e. The van der Waals surface area contributed by atoms with Gasteiger partial charge in [0.2, 0.25) is 0 Å². The van der Waals surface area contributed by atoms with Gasteiger partial charge in [-0.05, 0) is 25.7 Å². The Morgan fingerprint density at radius 3 is 2.75 bits per heavy atom. The topological polar surface area (TPSA) is 45.2 Å². The van der Waals surface area contributed by atoms with E-state index in [1.54, 1.807) is 12.3 Å². The first kappa shape index (κ1) is 13.4. The molecule has 0 aliphatic carbocycles. The van der Waals surface area contributed by atoms with Gasteiger partial charge in [0.25, 0.3) is 5.91 Å². The van der Waals surface area contributed by atoms with Crippen molar-refractivity contribution >= 4 is 28.5 Å². The van der Waals surface area contributed by atoms with Crippen molar-refractivity contribution in [2.24, 2.45) is 0 Å². The molecule has 0 saturated heterocycles. The number of amides is 1. The lowest BCUT2D eigenvalue weighted by Gasteiger charge is -2.10. The van der Waals surface area contributed by atoms with E-state index in [1.807, 2.05) is 25.1 Å². The summed E-state index contributed by atoms with van der Waals surface area (Å²) in [7, 11) is 3.94. The highest BCUT2D eigenvalue weighted by Crippen LogP contribution is 2.04. The molecule has 0 aromatic carbocycles. The average molecular weight is 331 g/mol. The summed E-state index contributed by atoms with van der Waals surface area (Å²) < 4.78 is 0.910. The minimum atomic E-state index is -0.109. The first-order chi connectivity index (χ1) is 7.63. The van der Waals surface area contributed by atoms with Crippen molar-refractivity contribution in [3.05, 3.63) is 29.6 Å². The van der Waals surface area contributed by atoms with Crippen LogP contribution >= 0.6 is 22.6 Å². The van der Waals surface area contributed by atoms with Crippen LogP contribution < -0.4 is 5.32 Å². The highest BCUT2D eigenvalue weighted by Gasteiger charge is 2.05. The van der Waals surface area contributed by atoms with Gasteiger partial charge in [-0.15, -0.1) is 0 Å². The Hall–Kier alpha value is -0.690. The molecule has 1 heterocycles. The fraction of sp³-hybridized carbons (Fsp3) is 0.455. The molecule has 1 aromatic rings. The monoisotopic (exact) mass is 331 g/mol. The van der Waals surface area contributed by atoms with Crippen LogP contribution in [0.3, 0.4) is 0 Å². The van der Waals surface area contributed by atoms with Crippen LogP contribution in [0.4, 0.5) is 0 Å². The van der Waals surface area contributed by atoms with E-state index in [2.05, 4.69) is 32.9 Å². The van der Waals surface area contributed by atoms with Crippen molar-refractivity contribution < 1.29 is 4.79 Å². The molecule has 0 aliphatic rings. The molecule has 0 unspecified atom stereocenters. The Morgan fingerprint density at radius 1 is 1.50 bits per heavy atom. The van der Waals surface area contributed by atoms with E-state index >= 15 is 0 Å². The number of nitrogens with one attached hydrogen (secondary N) is 1. The molecule has 0 atom stereocenters. The van der Waals surface area contributed by atoms with Crippen LogP contribution in [0.2, 0.25) is 0 Å². The zero-order chi connectivity index (χ0) is 12.0. The number of pyridine rings is 1. The van der Waals surface area contributed by atoms with Crippen LogP contribution in [0, 0.1) is 0 Å². The normalized spacial score (nSPS) is 10.5. The molecule has 1 N–H and O–H groups in total. The molecule has 0 aliphatic heterocycles. The Kier molecular flexibility index (Phi) is 5.68.